The quantitative estimate of drug-likeness (QED) is 0.368. The van der Waals surface area contributed by atoms with E-state index in [0.717, 1.165) is 6.08 Å². The Bertz CT molecular complexity index is 507. The number of carbonyl (C=O) groups is 2. The second-order valence-electron chi connectivity index (χ2n) is 3.46. The number of nitrogens with zero attached hydrogens (tertiary/aromatic N) is 1. The van der Waals surface area contributed by atoms with Gasteiger partial charge in [0, 0.05) is 25.3 Å². The number of hydrogen-bond donors (Lipinski definition) is 1. The average Bonchev–Trinajstić information content (AvgIpc) is 2.42. The van der Waals surface area contributed by atoms with E-state index in [1.807, 2.05) is 0 Å². The number of benzene rings is 1. The van der Waals surface area contributed by atoms with Crippen LogP contribution >= 0.6 is 0 Å². The maximum atomic E-state index is 11.2. The number of likely N-dealkylation sites (N-methyl/N-ethyl adjacent to an activating group) is 1. The lowest BCUT2D eigenvalue weighted by molar-refractivity contribution is -0.384. The molecule has 100 valence electrons. The number of non-ortho nitro benzene ring substituents is 1. The summed E-state index contributed by atoms with van der Waals surface area (Å²) in [5.74, 6) is -1.07. The summed E-state index contributed by atoms with van der Waals surface area (Å²) in [4.78, 5) is 32.0. The maximum Gasteiger partial charge on any atom is 0.331 e. The molecule has 0 aliphatic heterocycles. The summed E-state index contributed by atoms with van der Waals surface area (Å²) in [5, 5.41) is 12.7. The van der Waals surface area contributed by atoms with Crippen molar-refractivity contribution in [3.05, 3.63) is 46.0 Å². The largest absolute Gasteiger partial charge is 0.452 e. The lowest BCUT2D eigenvalue weighted by Crippen LogP contribution is -2.24. The normalized spacial score (nSPS) is 10.2. The molecular formula is C12H12N2O5. The van der Waals surface area contributed by atoms with Gasteiger partial charge in [0.1, 0.15) is 0 Å². The van der Waals surface area contributed by atoms with Crippen molar-refractivity contribution >= 4 is 23.6 Å². The van der Waals surface area contributed by atoms with Crippen LogP contribution in [0.5, 0.6) is 0 Å². The lowest BCUT2D eigenvalue weighted by Gasteiger charge is -1.99. The van der Waals surface area contributed by atoms with Gasteiger partial charge in [0.05, 0.1) is 4.92 Å². The third-order valence-electron chi connectivity index (χ3n) is 2.14. The summed E-state index contributed by atoms with van der Waals surface area (Å²) >= 11 is 0. The summed E-state index contributed by atoms with van der Waals surface area (Å²) in [6.07, 6.45) is 2.58. The maximum absolute atomic E-state index is 11.2. The lowest BCUT2D eigenvalue weighted by atomic mass is 10.2. The molecule has 0 bridgehead atoms. The SMILES string of the molecule is CNC(=O)COC(=O)C=Cc1ccc([N+](=O)[O-])cc1. The minimum absolute atomic E-state index is 0.0284. The molecular weight excluding hydrogens is 252 g/mol. The average molecular weight is 264 g/mol. The number of amides is 1. The highest BCUT2D eigenvalue weighted by atomic mass is 16.6. The fourth-order valence-electron chi connectivity index (χ4n) is 1.13. The van der Waals surface area contributed by atoms with Gasteiger partial charge >= 0.3 is 5.97 Å². The van der Waals surface area contributed by atoms with E-state index in [2.05, 4.69) is 10.1 Å². The molecule has 0 atom stereocenters. The summed E-state index contributed by atoms with van der Waals surface area (Å²) < 4.78 is 4.63. The Balaban J connectivity index is 2.54. The number of ether oxygens (including phenoxy) is 1. The van der Waals surface area contributed by atoms with Gasteiger partial charge in [-0.2, -0.15) is 0 Å². The van der Waals surface area contributed by atoms with Crippen LogP contribution in [0.3, 0.4) is 0 Å². The van der Waals surface area contributed by atoms with Gasteiger partial charge in [-0.15, -0.1) is 0 Å². The van der Waals surface area contributed by atoms with Gasteiger partial charge in [-0.3, -0.25) is 14.9 Å². The molecule has 0 heterocycles. The molecule has 7 nitrogen and oxygen atoms in total. The predicted octanol–water partition coefficient (Wildman–Crippen LogP) is 0.897. The van der Waals surface area contributed by atoms with Crippen molar-refractivity contribution in [2.45, 2.75) is 0 Å². The summed E-state index contributed by atoms with van der Waals surface area (Å²) in [6, 6.07) is 5.66. The van der Waals surface area contributed by atoms with E-state index in [0.29, 0.717) is 5.56 Å². The predicted molar refractivity (Wildman–Crippen MR) is 67.2 cm³/mol. The van der Waals surface area contributed by atoms with E-state index in [9.17, 15) is 19.7 Å². The first-order chi connectivity index (χ1) is 9.02. The first kappa shape index (κ1) is 14.4. The molecule has 1 N–H and O–H groups in total. The first-order valence-corrected chi connectivity index (χ1v) is 5.33. The van der Waals surface area contributed by atoms with Crippen molar-refractivity contribution in [3.8, 4) is 0 Å². The van der Waals surface area contributed by atoms with E-state index in [4.69, 9.17) is 0 Å². The number of esters is 1. The standard InChI is InChI=1S/C12H12N2O5/c1-13-11(15)8-19-12(16)7-4-9-2-5-10(6-3-9)14(17)18/h2-7H,8H2,1H3,(H,13,15). The fourth-order valence-corrected chi connectivity index (χ4v) is 1.13. The van der Waals surface area contributed by atoms with Gasteiger partial charge in [-0.05, 0) is 23.8 Å². The monoisotopic (exact) mass is 264 g/mol. The van der Waals surface area contributed by atoms with Crippen LogP contribution in [0, 0.1) is 10.1 Å². The number of nitro benzene ring substituents is 1. The highest BCUT2D eigenvalue weighted by Gasteiger charge is 2.04. The summed E-state index contributed by atoms with van der Waals surface area (Å²) in [6.45, 7) is -0.347. The van der Waals surface area contributed by atoms with Crippen molar-refractivity contribution in [2.75, 3.05) is 13.7 Å². The number of nitro groups is 1. The summed E-state index contributed by atoms with van der Waals surface area (Å²) in [5.41, 5.74) is 0.585. The number of hydrogen-bond acceptors (Lipinski definition) is 5. The Morgan fingerprint density at radius 3 is 2.53 bits per heavy atom. The minimum atomic E-state index is -0.665. The van der Waals surface area contributed by atoms with Gasteiger partial charge in [-0.25, -0.2) is 4.79 Å². The van der Waals surface area contributed by atoms with Crippen molar-refractivity contribution in [2.24, 2.45) is 0 Å². The van der Waals surface area contributed by atoms with Crippen molar-refractivity contribution in [3.63, 3.8) is 0 Å². The molecule has 1 aromatic carbocycles. The molecule has 0 fully saturated rings. The van der Waals surface area contributed by atoms with Crippen LogP contribution in [-0.2, 0) is 14.3 Å². The second kappa shape index (κ2) is 6.90. The number of nitrogens with one attached hydrogen (secondary N) is 1. The van der Waals surface area contributed by atoms with Crippen LogP contribution in [-0.4, -0.2) is 30.5 Å². The third kappa shape index (κ3) is 4.99. The molecule has 0 spiro atoms. The van der Waals surface area contributed by atoms with Crippen LogP contribution in [0.2, 0.25) is 0 Å². The van der Waals surface area contributed by atoms with Crippen LogP contribution in [0.15, 0.2) is 30.3 Å². The van der Waals surface area contributed by atoms with E-state index < -0.39 is 16.8 Å². The van der Waals surface area contributed by atoms with Crippen LogP contribution in [0.4, 0.5) is 5.69 Å². The zero-order valence-corrected chi connectivity index (χ0v) is 10.2. The number of carbonyl (C=O) groups excluding carboxylic acids is 2. The Labute approximate surface area is 109 Å². The van der Waals surface area contributed by atoms with Crippen molar-refractivity contribution in [1.82, 2.24) is 5.32 Å². The molecule has 1 rings (SSSR count). The molecule has 0 aromatic heterocycles. The molecule has 0 saturated heterocycles. The molecule has 0 aliphatic carbocycles. The Kier molecular flexibility index (Phi) is 5.21. The Hall–Kier alpha value is -2.70. The van der Waals surface area contributed by atoms with E-state index in [-0.39, 0.29) is 12.3 Å². The van der Waals surface area contributed by atoms with Gasteiger partial charge in [0.25, 0.3) is 11.6 Å². The smallest absolute Gasteiger partial charge is 0.331 e. The first-order valence-electron chi connectivity index (χ1n) is 5.33. The number of rotatable bonds is 5. The highest BCUT2D eigenvalue weighted by Crippen LogP contribution is 2.12. The van der Waals surface area contributed by atoms with Crippen LogP contribution in [0.1, 0.15) is 5.56 Å². The molecule has 0 aliphatic rings. The Morgan fingerprint density at radius 1 is 1.37 bits per heavy atom. The molecule has 0 radical (unpaired) electrons. The van der Waals surface area contributed by atoms with Crippen molar-refractivity contribution < 1.29 is 19.2 Å². The zero-order chi connectivity index (χ0) is 14.3. The fraction of sp³-hybridized carbons (Fsp3) is 0.167. The molecule has 0 saturated carbocycles. The molecule has 1 amide bonds. The van der Waals surface area contributed by atoms with E-state index in [1.54, 1.807) is 0 Å². The van der Waals surface area contributed by atoms with Gasteiger partial charge in [0.2, 0.25) is 0 Å². The second-order valence-corrected chi connectivity index (χ2v) is 3.46. The molecule has 1 aromatic rings. The third-order valence-corrected chi connectivity index (χ3v) is 2.14. The van der Waals surface area contributed by atoms with Crippen LogP contribution < -0.4 is 5.32 Å². The topological polar surface area (TPSA) is 98.5 Å². The van der Waals surface area contributed by atoms with E-state index >= 15 is 0 Å². The minimum Gasteiger partial charge on any atom is -0.452 e. The van der Waals surface area contributed by atoms with Crippen molar-refractivity contribution in [1.29, 1.82) is 0 Å². The van der Waals surface area contributed by atoms with Gasteiger partial charge < -0.3 is 10.1 Å². The summed E-state index contributed by atoms with van der Waals surface area (Å²) in [7, 11) is 1.43. The van der Waals surface area contributed by atoms with Crippen LogP contribution in [0.25, 0.3) is 6.08 Å². The van der Waals surface area contributed by atoms with E-state index in [1.165, 1.54) is 37.4 Å². The van der Waals surface area contributed by atoms with Gasteiger partial charge in [-0.1, -0.05) is 0 Å². The molecule has 7 heteroatoms. The Morgan fingerprint density at radius 2 is 2.00 bits per heavy atom. The molecule has 19 heavy (non-hydrogen) atoms. The van der Waals surface area contributed by atoms with Gasteiger partial charge in [0.15, 0.2) is 6.61 Å². The highest BCUT2D eigenvalue weighted by molar-refractivity contribution is 5.89. The molecule has 0 unspecified atom stereocenters. The zero-order valence-electron chi connectivity index (χ0n) is 10.2.